The van der Waals surface area contributed by atoms with Crippen molar-refractivity contribution in [3.8, 4) is 0 Å². The Morgan fingerprint density at radius 1 is 1.23 bits per heavy atom. The number of methoxy groups -OCH3 is 1. The molecular formula is C14H10BrCl2F3N2O3S. The molecule has 0 radical (unpaired) electrons. The van der Waals surface area contributed by atoms with Gasteiger partial charge < -0.3 is 4.74 Å². The summed E-state index contributed by atoms with van der Waals surface area (Å²) in [6, 6.07) is 4.20. The van der Waals surface area contributed by atoms with Crippen LogP contribution in [0.4, 0.5) is 18.9 Å². The molecule has 0 aliphatic heterocycles. The maximum Gasteiger partial charge on any atom is 0.417 e. The highest BCUT2D eigenvalue weighted by Crippen LogP contribution is 2.36. The van der Waals surface area contributed by atoms with E-state index in [4.69, 9.17) is 27.9 Å². The Morgan fingerprint density at radius 3 is 2.42 bits per heavy atom. The van der Waals surface area contributed by atoms with Gasteiger partial charge in [0.1, 0.15) is 11.3 Å². The van der Waals surface area contributed by atoms with Gasteiger partial charge in [-0.3, -0.25) is 0 Å². The number of pyridine rings is 1. The highest BCUT2D eigenvalue weighted by Gasteiger charge is 2.34. The number of aromatic nitrogens is 1. The highest BCUT2D eigenvalue weighted by molar-refractivity contribution is 9.10. The van der Waals surface area contributed by atoms with Crippen LogP contribution < -0.4 is 4.31 Å². The molecule has 1 aromatic heterocycles. The van der Waals surface area contributed by atoms with Crippen LogP contribution in [0.5, 0.6) is 0 Å². The first-order valence-electron chi connectivity index (χ1n) is 6.68. The van der Waals surface area contributed by atoms with Crippen LogP contribution in [0, 0.1) is 0 Å². The molecule has 0 N–H and O–H groups in total. The molecule has 2 aromatic rings. The van der Waals surface area contributed by atoms with E-state index in [1.807, 2.05) is 0 Å². The number of alkyl halides is 3. The number of hydrogen-bond acceptors (Lipinski definition) is 4. The van der Waals surface area contributed by atoms with E-state index in [9.17, 15) is 21.6 Å². The molecule has 5 nitrogen and oxygen atoms in total. The lowest BCUT2D eigenvalue weighted by Gasteiger charge is -2.25. The van der Waals surface area contributed by atoms with Gasteiger partial charge in [0.15, 0.2) is 0 Å². The van der Waals surface area contributed by atoms with Gasteiger partial charge in [-0.25, -0.2) is 17.7 Å². The van der Waals surface area contributed by atoms with E-state index in [-0.39, 0.29) is 25.2 Å². The van der Waals surface area contributed by atoms with Gasteiger partial charge in [-0.2, -0.15) is 13.2 Å². The van der Waals surface area contributed by atoms with Crippen LogP contribution in [-0.4, -0.2) is 27.2 Å². The molecule has 2 rings (SSSR count). The smallest absolute Gasteiger partial charge is 0.363 e. The number of benzene rings is 1. The molecular weight excluding hydrogens is 484 g/mol. The van der Waals surface area contributed by atoms with E-state index in [0.29, 0.717) is 16.6 Å². The maximum atomic E-state index is 13.0. The lowest BCUT2D eigenvalue weighted by molar-refractivity contribution is -0.137. The minimum absolute atomic E-state index is 0.0219. The second kappa shape index (κ2) is 7.89. The first-order chi connectivity index (χ1) is 12.0. The van der Waals surface area contributed by atoms with Crippen LogP contribution >= 0.6 is 39.1 Å². The number of nitrogens with zero attached hydrogens (tertiary/aromatic N) is 2. The third-order valence-electron chi connectivity index (χ3n) is 3.14. The van der Waals surface area contributed by atoms with Gasteiger partial charge in [0.2, 0.25) is 0 Å². The van der Waals surface area contributed by atoms with Crippen molar-refractivity contribution >= 4 is 54.8 Å². The maximum absolute atomic E-state index is 13.0. The molecule has 0 unspecified atom stereocenters. The van der Waals surface area contributed by atoms with Crippen LogP contribution in [-0.2, 0) is 20.9 Å². The third-order valence-corrected chi connectivity index (χ3v) is 6.22. The Hall–Kier alpha value is -1.07. The predicted octanol–water partition coefficient (Wildman–Crippen LogP) is 4.97. The molecule has 0 aliphatic rings. The van der Waals surface area contributed by atoms with Gasteiger partial charge in [0.05, 0.1) is 26.2 Å². The van der Waals surface area contributed by atoms with Crippen molar-refractivity contribution in [2.75, 3.05) is 18.1 Å². The Bertz CT molecular complexity index is 926. The van der Waals surface area contributed by atoms with Crippen molar-refractivity contribution in [3.63, 3.8) is 0 Å². The zero-order chi connectivity index (χ0) is 19.7. The van der Waals surface area contributed by atoms with Crippen molar-refractivity contribution in [1.29, 1.82) is 0 Å². The SMILES string of the molecule is COCN(c1cc(C(F)(F)F)cnc1Br)S(=O)(=O)c1ccc(Cl)c(Cl)c1. The molecule has 0 amide bonds. The van der Waals surface area contributed by atoms with Gasteiger partial charge in [0.25, 0.3) is 10.0 Å². The molecule has 142 valence electrons. The molecule has 0 fully saturated rings. The summed E-state index contributed by atoms with van der Waals surface area (Å²) in [5, 5.41) is 0.108. The first-order valence-corrected chi connectivity index (χ1v) is 9.67. The van der Waals surface area contributed by atoms with E-state index in [2.05, 4.69) is 20.9 Å². The van der Waals surface area contributed by atoms with Crippen molar-refractivity contribution in [3.05, 3.63) is 50.7 Å². The average Bonchev–Trinajstić information content (AvgIpc) is 2.54. The number of hydrogen-bond donors (Lipinski definition) is 0. The van der Waals surface area contributed by atoms with Crippen LogP contribution in [0.3, 0.4) is 0 Å². The minimum Gasteiger partial charge on any atom is -0.363 e. The molecule has 0 atom stereocenters. The summed E-state index contributed by atoms with van der Waals surface area (Å²) < 4.78 is 70.2. The molecule has 0 saturated heterocycles. The normalized spacial score (nSPS) is 12.3. The number of rotatable bonds is 5. The summed E-state index contributed by atoms with van der Waals surface area (Å²) in [4.78, 5) is 3.31. The fourth-order valence-electron chi connectivity index (χ4n) is 1.92. The molecule has 26 heavy (non-hydrogen) atoms. The zero-order valence-electron chi connectivity index (χ0n) is 12.9. The zero-order valence-corrected chi connectivity index (χ0v) is 16.8. The highest BCUT2D eigenvalue weighted by atomic mass is 79.9. The lowest BCUT2D eigenvalue weighted by atomic mass is 10.2. The second-order valence-electron chi connectivity index (χ2n) is 4.88. The van der Waals surface area contributed by atoms with E-state index in [1.165, 1.54) is 19.2 Å². The Labute approximate surface area is 165 Å². The van der Waals surface area contributed by atoms with Crippen molar-refractivity contribution < 1.29 is 26.3 Å². The summed E-state index contributed by atoms with van der Waals surface area (Å²) in [6.45, 7) is -0.551. The van der Waals surface area contributed by atoms with Gasteiger partial charge in [-0.1, -0.05) is 23.2 Å². The average molecular weight is 494 g/mol. The Kier molecular flexibility index (Phi) is 6.44. The minimum atomic E-state index is -4.70. The summed E-state index contributed by atoms with van der Waals surface area (Å²) in [5.74, 6) is 0. The van der Waals surface area contributed by atoms with Gasteiger partial charge in [-0.15, -0.1) is 0 Å². The van der Waals surface area contributed by atoms with Crippen molar-refractivity contribution in [1.82, 2.24) is 4.98 Å². The number of halogens is 6. The lowest BCUT2D eigenvalue weighted by Crippen LogP contribution is -2.33. The second-order valence-corrected chi connectivity index (χ2v) is 8.31. The van der Waals surface area contributed by atoms with E-state index < -0.39 is 28.5 Å². The van der Waals surface area contributed by atoms with E-state index >= 15 is 0 Å². The van der Waals surface area contributed by atoms with Gasteiger partial charge in [-0.05, 0) is 40.2 Å². The number of anilines is 1. The third kappa shape index (κ3) is 4.42. The molecule has 0 saturated carbocycles. The van der Waals surface area contributed by atoms with E-state index in [1.54, 1.807) is 0 Å². The number of sulfonamides is 1. The largest absolute Gasteiger partial charge is 0.417 e. The first kappa shape index (κ1) is 21.2. The van der Waals surface area contributed by atoms with Crippen LogP contribution in [0.25, 0.3) is 0 Å². The van der Waals surface area contributed by atoms with Crippen LogP contribution in [0.1, 0.15) is 5.56 Å². The Morgan fingerprint density at radius 2 is 1.88 bits per heavy atom. The molecule has 1 heterocycles. The molecule has 12 heteroatoms. The summed E-state index contributed by atoms with van der Waals surface area (Å²) in [7, 11) is -3.11. The molecule has 0 bridgehead atoms. The summed E-state index contributed by atoms with van der Waals surface area (Å²) >= 11 is 14.6. The van der Waals surface area contributed by atoms with Crippen molar-refractivity contribution in [2.45, 2.75) is 11.1 Å². The number of ether oxygens (including phenoxy) is 1. The van der Waals surface area contributed by atoms with E-state index in [0.717, 1.165) is 6.07 Å². The standard InChI is InChI=1S/C14H10BrCl2F3N2O3S/c1-25-7-22(12-4-8(14(18,19)20)6-21-13(12)15)26(23,24)9-2-3-10(16)11(17)5-9/h2-6H,7H2,1H3. The predicted molar refractivity (Wildman–Crippen MR) is 94.9 cm³/mol. The quantitative estimate of drug-likeness (QED) is 0.436. The fraction of sp³-hybridized carbons (Fsp3) is 0.214. The Balaban J connectivity index is 2.63. The van der Waals surface area contributed by atoms with Gasteiger partial charge in [0, 0.05) is 13.3 Å². The summed E-state index contributed by atoms with van der Waals surface area (Å²) in [5.41, 5.74) is -1.45. The molecule has 0 aliphatic carbocycles. The monoisotopic (exact) mass is 492 g/mol. The van der Waals surface area contributed by atoms with Crippen LogP contribution in [0.15, 0.2) is 40.0 Å². The molecule has 1 aromatic carbocycles. The molecule has 0 spiro atoms. The summed E-state index contributed by atoms with van der Waals surface area (Å²) in [6.07, 6.45) is -4.11. The van der Waals surface area contributed by atoms with Crippen molar-refractivity contribution in [2.24, 2.45) is 0 Å². The topological polar surface area (TPSA) is 59.5 Å². The van der Waals surface area contributed by atoms with Gasteiger partial charge >= 0.3 is 6.18 Å². The fourth-order valence-corrected chi connectivity index (χ4v) is 4.23. The van der Waals surface area contributed by atoms with Crippen LogP contribution in [0.2, 0.25) is 10.0 Å².